The Bertz CT molecular complexity index is 954. The van der Waals surface area contributed by atoms with Gasteiger partial charge in [-0.1, -0.05) is 12.1 Å². The van der Waals surface area contributed by atoms with Crippen LogP contribution in [0.15, 0.2) is 42.5 Å². The number of nitro groups is 1. The van der Waals surface area contributed by atoms with Gasteiger partial charge in [-0.3, -0.25) is 24.6 Å². The Morgan fingerprint density at radius 2 is 1.89 bits per heavy atom. The van der Waals surface area contributed by atoms with Crippen LogP contribution < -0.4 is 4.74 Å². The molecule has 2 aromatic carbocycles. The first-order chi connectivity index (χ1) is 12.9. The predicted octanol–water partition coefficient (Wildman–Crippen LogP) is 2.06. The van der Waals surface area contributed by atoms with E-state index in [1.807, 2.05) is 0 Å². The molecule has 0 saturated heterocycles. The molecule has 0 N–H and O–H groups in total. The zero-order valence-electron chi connectivity index (χ0n) is 14.2. The molecule has 0 radical (unpaired) electrons. The second-order valence-corrected chi connectivity index (χ2v) is 5.59. The minimum atomic E-state index is -0.728. The predicted molar refractivity (Wildman–Crippen MR) is 91.7 cm³/mol. The van der Waals surface area contributed by atoms with Gasteiger partial charge in [0.1, 0.15) is 17.9 Å². The molecule has 9 heteroatoms. The van der Waals surface area contributed by atoms with Crippen LogP contribution >= 0.6 is 0 Å². The Morgan fingerprint density at radius 1 is 1.15 bits per heavy atom. The number of ether oxygens (including phenoxy) is 2. The van der Waals surface area contributed by atoms with Crippen molar-refractivity contribution >= 4 is 23.5 Å². The van der Waals surface area contributed by atoms with Gasteiger partial charge in [-0.05, 0) is 24.3 Å². The average molecular weight is 370 g/mol. The quantitative estimate of drug-likeness (QED) is 0.331. The number of imide groups is 1. The SMILES string of the molecule is COC(=O)c1cccc(OCCN2C(=O)c3cccc([N+](=O)[O-])c3C2=O)c1. The normalized spacial score (nSPS) is 12.7. The maximum absolute atomic E-state index is 12.4. The fourth-order valence-electron chi connectivity index (χ4n) is 2.76. The largest absolute Gasteiger partial charge is 0.492 e. The van der Waals surface area contributed by atoms with Gasteiger partial charge in [-0.15, -0.1) is 0 Å². The summed E-state index contributed by atoms with van der Waals surface area (Å²) in [4.78, 5) is 47.6. The first kappa shape index (κ1) is 18.1. The Hall–Kier alpha value is -3.75. The molecule has 2 aromatic rings. The molecule has 0 saturated carbocycles. The highest BCUT2D eigenvalue weighted by molar-refractivity contribution is 6.23. The summed E-state index contributed by atoms with van der Waals surface area (Å²) in [6.45, 7) is -0.129. The van der Waals surface area contributed by atoms with Crippen molar-refractivity contribution in [1.29, 1.82) is 0 Å². The first-order valence-electron chi connectivity index (χ1n) is 7.89. The molecule has 0 atom stereocenters. The van der Waals surface area contributed by atoms with Crippen molar-refractivity contribution < 1.29 is 28.8 Å². The number of hydrogen-bond donors (Lipinski definition) is 0. The summed E-state index contributed by atoms with van der Waals surface area (Å²) in [5, 5.41) is 11.1. The Balaban J connectivity index is 1.70. The molecular formula is C18H14N2O7. The van der Waals surface area contributed by atoms with Crippen molar-refractivity contribution in [3.8, 4) is 5.75 Å². The van der Waals surface area contributed by atoms with Gasteiger partial charge in [0.15, 0.2) is 0 Å². The third-order valence-electron chi connectivity index (χ3n) is 4.01. The van der Waals surface area contributed by atoms with Crippen molar-refractivity contribution in [3.05, 3.63) is 69.3 Å². The van der Waals surface area contributed by atoms with Crippen LogP contribution in [0, 0.1) is 10.1 Å². The topological polar surface area (TPSA) is 116 Å². The molecule has 0 bridgehead atoms. The molecule has 1 aliphatic rings. The second kappa shape index (κ2) is 7.24. The standard InChI is InChI=1S/C18H14N2O7/c1-26-18(23)11-4-2-5-12(10-11)27-9-8-19-16(21)13-6-3-7-14(20(24)25)15(13)17(19)22/h2-7,10H,8-9H2,1H3. The summed E-state index contributed by atoms with van der Waals surface area (Å²) in [7, 11) is 1.26. The lowest BCUT2D eigenvalue weighted by atomic mass is 10.1. The van der Waals surface area contributed by atoms with Crippen molar-refractivity contribution in [2.24, 2.45) is 0 Å². The molecule has 2 amide bonds. The number of nitrogens with zero attached hydrogens (tertiary/aromatic N) is 2. The molecule has 138 valence electrons. The highest BCUT2D eigenvalue weighted by atomic mass is 16.6. The summed E-state index contributed by atoms with van der Waals surface area (Å²) in [5.74, 6) is -1.49. The third kappa shape index (κ3) is 3.34. The minimum Gasteiger partial charge on any atom is -0.492 e. The lowest BCUT2D eigenvalue weighted by Gasteiger charge is -2.14. The maximum Gasteiger partial charge on any atom is 0.337 e. The average Bonchev–Trinajstić information content (AvgIpc) is 2.92. The van der Waals surface area contributed by atoms with Crippen molar-refractivity contribution in [1.82, 2.24) is 4.90 Å². The molecule has 1 aliphatic heterocycles. The highest BCUT2D eigenvalue weighted by Crippen LogP contribution is 2.30. The Kier molecular flexibility index (Phi) is 4.84. The molecule has 27 heavy (non-hydrogen) atoms. The number of nitro benzene ring substituents is 1. The number of carbonyl (C=O) groups excluding carboxylic acids is 3. The summed E-state index contributed by atoms with van der Waals surface area (Å²) >= 11 is 0. The van der Waals surface area contributed by atoms with E-state index in [-0.39, 0.29) is 24.3 Å². The number of amides is 2. The van der Waals surface area contributed by atoms with E-state index in [9.17, 15) is 24.5 Å². The Labute approximate surface area is 153 Å². The van der Waals surface area contributed by atoms with Gasteiger partial charge < -0.3 is 9.47 Å². The minimum absolute atomic E-state index is 0.00175. The molecule has 0 fully saturated rings. The van der Waals surface area contributed by atoms with Crippen LogP contribution in [0.3, 0.4) is 0 Å². The molecule has 1 heterocycles. The lowest BCUT2D eigenvalue weighted by molar-refractivity contribution is -0.385. The number of rotatable bonds is 6. The molecule has 0 unspecified atom stereocenters. The Morgan fingerprint density at radius 3 is 2.59 bits per heavy atom. The first-order valence-corrected chi connectivity index (χ1v) is 7.89. The van der Waals surface area contributed by atoms with Gasteiger partial charge in [0.25, 0.3) is 17.5 Å². The second-order valence-electron chi connectivity index (χ2n) is 5.59. The van der Waals surface area contributed by atoms with Gasteiger partial charge in [-0.2, -0.15) is 0 Å². The van der Waals surface area contributed by atoms with Crippen LogP contribution in [-0.2, 0) is 4.74 Å². The number of fused-ring (bicyclic) bond motifs is 1. The summed E-state index contributed by atoms with van der Waals surface area (Å²) < 4.78 is 10.1. The molecule has 0 spiro atoms. The van der Waals surface area contributed by atoms with Crippen LogP contribution in [0.25, 0.3) is 0 Å². The van der Waals surface area contributed by atoms with Gasteiger partial charge in [0, 0.05) is 6.07 Å². The molecule has 9 nitrogen and oxygen atoms in total. The van der Waals surface area contributed by atoms with E-state index >= 15 is 0 Å². The van der Waals surface area contributed by atoms with Crippen molar-refractivity contribution in [2.75, 3.05) is 20.3 Å². The lowest BCUT2D eigenvalue weighted by Crippen LogP contribution is -2.33. The van der Waals surface area contributed by atoms with Crippen molar-refractivity contribution in [3.63, 3.8) is 0 Å². The van der Waals surface area contributed by atoms with Crippen LogP contribution in [0.4, 0.5) is 5.69 Å². The van der Waals surface area contributed by atoms with Crippen LogP contribution in [-0.4, -0.2) is 47.9 Å². The fourth-order valence-corrected chi connectivity index (χ4v) is 2.76. The molecule has 0 aromatic heterocycles. The van der Waals surface area contributed by atoms with Crippen LogP contribution in [0.5, 0.6) is 5.75 Å². The van der Waals surface area contributed by atoms with Crippen LogP contribution in [0.1, 0.15) is 31.1 Å². The van der Waals surface area contributed by atoms with E-state index in [0.717, 1.165) is 4.90 Å². The number of methoxy groups -OCH3 is 1. The van der Waals surface area contributed by atoms with E-state index in [1.54, 1.807) is 18.2 Å². The van der Waals surface area contributed by atoms with E-state index < -0.39 is 28.4 Å². The number of hydrogen-bond acceptors (Lipinski definition) is 7. The summed E-state index contributed by atoms with van der Waals surface area (Å²) in [6.07, 6.45) is 0. The smallest absolute Gasteiger partial charge is 0.337 e. The zero-order chi connectivity index (χ0) is 19.6. The highest BCUT2D eigenvalue weighted by Gasteiger charge is 2.40. The molecular weight excluding hydrogens is 356 g/mol. The summed E-state index contributed by atoms with van der Waals surface area (Å²) in [5.41, 5.74) is -0.312. The molecule has 3 rings (SSSR count). The van der Waals surface area contributed by atoms with Gasteiger partial charge in [0.2, 0.25) is 0 Å². The van der Waals surface area contributed by atoms with Gasteiger partial charge in [-0.25, -0.2) is 4.79 Å². The van der Waals surface area contributed by atoms with E-state index in [4.69, 9.17) is 4.74 Å². The van der Waals surface area contributed by atoms with Gasteiger partial charge >= 0.3 is 5.97 Å². The number of esters is 1. The third-order valence-corrected chi connectivity index (χ3v) is 4.01. The van der Waals surface area contributed by atoms with Crippen molar-refractivity contribution in [2.45, 2.75) is 0 Å². The van der Waals surface area contributed by atoms with E-state index in [2.05, 4.69) is 4.74 Å². The van der Waals surface area contributed by atoms with E-state index in [0.29, 0.717) is 11.3 Å². The zero-order valence-corrected chi connectivity index (χ0v) is 14.2. The summed E-state index contributed by atoms with van der Waals surface area (Å²) in [6, 6.07) is 10.2. The van der Waals surface area contributed by atoms with E-state index in [1.165, 1.54) is 31.4 Å². The monoisotopic (exact) mass is 370 g/mol. The molecule has 0 aliphatic carbocycles. The fraction of sp³-hybridized carbons (Fsp3) is 0.167. The maximum atomic E-state index is 12.4. The number of carbonyl (C=O) groups is 3. The van der Waals surface area contributed by atoms with Gasteiger partial charge in [0.05, 0.1) is 29.7 Å². The number of benzene rings is 2. The van der Waals surface area contributed by atoms with Crippen LogP contribution in [0.2, 0.25) is 0 Å².